The van der Waals surface area contributed by atoms with Gasteiger partial charge in [0.1, 0.15) is 11.4 Å². The highest BCUT2D eigenvalue weighted by atomic mass is 16.5. The summed E-state index contributed by atoms with van der Waals surface area (Å²) in [5.74, 6) is 0.595. The van der Waals surface area contributed by atoms with Gasteiger partial charge in [-0.05, 0) is 48.9 Å². The third-order valence-electron chi connectivity index (χ3n) is 4.66. The minimum absolute atomic E-state index is 0.118. The Morgan fingerprint density at radius 3 is 2.21 bits per heavy atom. The summed E-state index contributed by atoms with van der Waals surface area (Å²) in [5, 5.41) is 4.63. The standard InChI is InChI=1S/C24H20N2O2/c1-17-8-10-18(11-9-17)22-16-26(20-6-4-3-5-7-20)25-23(22)24(27)19-12-14-21(28-2)15-13-19/h3-16H,1-2H3. The molecule has 0 unspecified atom stereocenters. The van der Waals surface area contributed by atoms with Gasteiger partial charge in [-0.1, -0.05) is 48.0 Å². The maximum atomic E-state index is 13.2. The van der Waals surface area contributed by atoms with Crippen LogP contribution in [-0.2, 0) is 0 Å². The van der Waals surface area contributed by atoms with E-state index in [9.17, 15) is 4.79 Å². The minimum Gasteiger partial charge on any atom is -0.497 e. The minimum atomic E-state index is -0.118. The average Bonchev–Trinajstić information content (AvgIpc) is 3.20. The first-order valence-electron chi connectivity index (χ1n) is 9.06. The van der Waals surface area contributed by atoms with Crippen LogP contribution < -0.4 is 4.74 Å². The Morgan fingerprint density at radius 2 is 1.57 bits per heavy atom. The number of hydrogen-bond acceptors (Lipinski definition) is 3. The van der Waals surface area contributed by atoms with Gasteiger partial charge in [0.2, 0.25) is 5.78 Å². The van der Waals surface area contributed by atoms with E-state index in [-0.39, 0.29) is 5.78 Å². The van der Waals surface area contributed by atoms with Crippen molar-refractivity contribution >= 4 is 5.78 Å². The molecule has 1 aromatic heterocycles. The van der Waals surface area contributed by atoms with Crippen LogP contribution in [0.5, 0.6) is 5.75 Å². The van der Waals surface area contributed by atoms with Gasteiger partial charge in [-0.3, -0.25) is 4.79 Å². The van der Waals surface area contributed by atoms with Gasteiger partial charge in [-0.2, -0.15) is 5.10 Å². The number of aromatic nitrogens is 2. The fourth-order valence-electron chi connectivity index (χ4n) is 3.08. The summed E-state index contributed by atoms with van der Waals surface area (Å²) in [7, 11) is 1.61. The van der Waals surface area contributed by atoms with Crippen LogP contribution in [0.2, 0.25) is 0 Å². The molecule has 0 aliphatic heterocycles. The molecular weight excluding hydrogens is 348 g/mol. The zero-order valence-corrected chi connectivity index (χ0v) is 15.8. The molecule has 0 fully saturated rings. The Hall–Kier alpha value is -3.66. The van der Waals surface area contributed by atoms with Crippen molar-refractivity contribution in [2.45, 2.75) is 6.92 Å². The van der Waals surface area contributed by atoms with Gasteiger partial charge in [0, 0.05) is 17.3 Å². The Labute approximate surface area is 164 Å². The number of rotatable bonds is 5. The molecule has 0 spiro atoms. The first-order chi connectivity index (χ1) is 13.7. The highest BCUT2D eigenvalue weighted by Gasteiger charge is 2.20. The molecule has 0 bridgehead atoms. The van der Waals surface area contributed by atoms with Crippen molar-refractivity contribution in [1.82, 2.24) is 9.78 Å². The monoisotopic (exact) mass is 368 g/mol. The summed E-state index contributed by atoms with van der Waals surface area (Å²) < 4.78 is 6.95. The molecule has 4 rings (SSSR count). The largest absolute Gasteiger partial charge is 0.497 e. The maximum absolute atomic E-state index is 13.2. The van der Waals surface area contributed by atoms with Crippen molar-refractivity contribution in [2.24, 2.45) is 0 Å². The number of nitrogens with zero attached hydrogens (tertiary/aromatic N) is 2. The van der Waals surface area contributed by atoms with Crippen LogP contribution >= 0.6 is 0 Å². The fourth-order valence-corrected chi connectivity index (χ4v) is 3.08. The molecule has 1 heterocycles. The Kier molecular flexibility index (Phi) is 4.77. The second kappa shape index (κ2) is 7.53. The molecule has 0 aliphatic carbocycles. The molecule has 0 amide bonds. The lowest BCUT2D eigenvalue weighted by Gasteiger charge is -2.04. The predicted molar refractivity (Wildman–Crippen MR) is 110 cm³/mol. The van der Waals surface area contributed by atoms with Crippen LogP contribution in [0.3, 0.4) is 0 Å². The van der Waals surface area contributed by atoms with Gasteiger partial charge >= 0.3 is 0 Å². The van der Waals surface area contributed by atoms with E-state index in [4.69, 9.17) is 4.74 Å². The third-order valence-corrected chi connectivity index (χ3v) is 4.66. The van der Waals surface area contributed by atoms with Crippen LogP contribution in [-0.4, -0.2) is 22.7 Å². The lowest BCUT2D eigenvalue weighted by atomic mass is 10.00. The van der Waals surface area contributed by atoms with Crippen molar-refractivity contribution in [3.63, 3.8) is 0 Å². The normalized spacial score (nSPS) is 10.6. The number of para-hydroxylation sites is 1. The van der Waals surface area contributed by atoms with E-state index in [1.807, 2.05) is 67.7 Å². The van der Waals surface area contributed by atoms with Crippen molar-refractivity contribution in [3.05, 3.63) is 102 Å². The number of methoxy groups -OCH3 is 1. The van der Waals surface area contributed by atoms with Gasteiger partial charge in [0.25, 0.3) is 0 Å². The van der Waals surface area contributed by atoms with Crippen LogP contribution in [0.25, 0.3) is 16.8 Å². The van der Waals surface area contributed by atoms with Gasteiger partial charge < -0.3 is 4.74 Å². The van der Waals surface area contributed by atoms with Gasteiger partial charge in [0.15, 0.2) is 0 Å². The highest BCUT2D eigenvalue weighted by molar-refractivity contribution is 6.11. The Bertz CT molecular complexity index is 1100. The number of ether oxygens (including phenoxy) is 1. The molecule has 0 N–H and O–H groups in total. The summed E-state index contributed by atoms with van der Waals surface area (Å²) in [4.78, 5) is 13.2. The van der Waals surface area contributed by atoms with E-state index in [0.29, 0.717) is 17.0 Å². The average molecular weight is 368 g/mol. The first kappa shape index (κ1) is 17.7. The number of ketones is 1. The number of carbonyl (C=O) groups excluding carboxylic acids is 1. The van der Waals surface area contributed by atoms with E-state index >= 15 is 0 Å². The van der Waals surface area contributed by atoms with E-state index < -0.39 is 0 Å². The van der Waals surface area contributed by atoms with Crippen LogP contribution in [0.1, 0.15) is 21.6 Å². The molecule has 4 aromatic rings. The van der Waals surface area contributed by atoms with Crippen molar-refractivity contribution in [3.8, 4) is 22.6 Å². The SMILES string of the molecule is COc1ccc(C(=O)c2nn(-c3ccccc3)cc2-c2ccc(C)cc2)cc1. The number of aryl methyl sites for hydroxylation is 1. The number of hydrogen-bond donors (Lipinski definition) is 0. The van der Waals surface area contributed by atoms with E-state index in [1.165, 1.54) is 5.56 Å². The predicted octanol–water partition coefficient (Wildman–Crippen LogP) is 5.09. The molecular formula is C24H20N2O2. The number of benzene rings is 3. The highest BCUT2D eigenvalue weighted by Crippen LogP contribution is 2.27. The zero-order chi connectivity index (χ0) is 19.5. The van der Waals surface area contributed by atoms with Crippen LogP contribution in [0.15, 0.2) is 85.1 Å². The number of carbonyl (C=O) groups is 1. The summed E-state index contributed by atoms with van der Waals surface area (Å²) in [5.41, 5.74) is 4.85. The Morgan fingerprint density at radius 1 is 0.893 bits per heavy atom. The van der Waals surface area contributed by atoms with Crippen LogP contribution in [0, 0.1) is 6.92 Å². The molecule has 0 saturated heterocycles. The summed E-state index contributed by atoms with van der Waals surface area (Å²) in [6, 6.07) is 25.0. The fraction of sp³-hybridized carbons (Fsp3) is 0.0833. The lowest BCUT2D eigenvalue weighted by Crippen LogP contribution is -2.05. The zero-order valence-electron chi connectivity index (χ0n) is 15.8. The van der Waals surface area contributed by atoms with Crippen LogP contribution in [0.4, 0.5) is 0 Å². The van der Waals surface area contributed by atoms with Crippen molar-refractivity contribution < 1.29 is 9.53 Å². The smallest absolute Gasteiger partial charge is 0.213 e. The van der Waals surface area contributed by atoms with Crippen molar-refractivity contribution in [2.75, 3.05) is 7.11 Å². The lowest BCUT2D eigenvalue weighted by molar-refractivity contribution is 0.103. The molecule has 3 aromatic carbocycles. The molecule has 0 saturated carbocycles. The molecule has 28 heavy (non-hydrogen) atoms. The summed E-state index contributed by atoms with van der Waals surface area (Å²) >= 11 is 0. The summed E-state index contributed by atoms with van der Waals surface area (Å²) in [6.45, 7) is 2.04. The van der Waals surface area contributed by atoms with E-state index in [0.717, 1.165) is 16.8 Å². The van der Waals surface area contributed by atoms with Gasteiger partial charge in [-0.25, -0.2) is 4.68 Å². The van der Waals surface area contributed by atoms with Crippen molar-refractivity contribution in [1.29, 1.82) is 0 Å². The van der Waals surface area contributed by atoms with E-state index in [2.05, 4.69) is 5.10 Å². The van der Waals surface area contributed by atoms with Gasteiger partial charge in [-0.15, -0.1) is 0 Å². The second-order valence-electron chi connectivity index (χ2n) is 6.60. The molecule has 138 valence electrons. The molecule has 0 aliphatic rings. The summed E-state index contributed by atoms with van der Waals surface area (Å²) in [6.07, 6.45) is 1.91. The maximum Gasteiger partial charge on any atom is 0.213 e. The third kappa shape index (κ3) is 3.45. The van der Waals surface area contributed by atoms with E-state index in [1.54, 1.807) is 36.1 Å². The molecule has 4 heteroatoms. The topological polar surface area (TPSA) is 44.1 Å². The Balaban J connectivity index is 1.82. The molecule has 0 atom stereocenters. The van der Waals surface area contributed by atoms with Gasteiger partial charge in [0.05, 0.1) is 12.8 Å². The molecule has 4 nitrogen and oxygen atoms in total. The quantitative estimate of drug-likeness (QED) is 0.461. The second-order valence-corrected chi connectivity index (χ2v) is 6.60. The first-order valence-corrected chi connectivity index (χ1v) is 9.06. The molecule has 0 radical (unpaired) electrons.